The summed E-state index contributed by atoms with van der Waals surface area (Å²) in [4.78, 5) is 0. The lowest BCUT2D eigenvalue weighted by atomic mass is 10.2. The molecule has 1 atom stereocenters. The molecule has 0 saturated carbocycles. The van der Waals surface area contributed by atoms with E-state index in [0.29, 0.717) is 6.42 Å². The SMILES string of the molecule is CC(C)(C)[Si](OCC(O)/C=C/CC#Cc1ccccc1)(c1ccccc1)c1ccccc1. The van der Waals surface area contributed by atoms with Crippen LogP contribution < -0.4 is 10.4 Å². The van der Waals surface area contributed by atoms with E-state index in [0.717, 1.165) is 5.56 Å². The van der Waals surface area contributed by atoms with Crippen LogP contribution in [0.4, 0.5) is 0 Å². The number of aliphatic hydroxyl groups excluding tert-OH is 1. The lowest BCUT2D eigenvalue weighted by Crippen LogP contribution is -2.67. The summed E-state index contributed by atoms with van der Waals surface area (Å²) in [7, 11) is -2.63. The Bertz CT molecular complexity index is 1000. The second-order valence-electron chi connectivity index (χ2n) is 8.84. The fraction of sp³-hybridized carbons (Fsp3) is 0.241. The van der Waals surface area contributed by atoms with Gasteiger partial charge in [0.2, 0.25) is 0 Å². The van der Waals surface area contributed by atoms with Gasteiger partial charge in [-0.25, -0.2) is 0 Å². The van der Waals surface area contributed by atoms with Crippen molar-refractivity contribution < 1.29 is 9.53 Å². The van der Waals surface area contributed by atoms with Crippen molar-refractivity contribution in [2.75, 3.05) is 6.61 Å². The van der Waals surface area contributed by atoms with Gasteiger partial charge >= 0.3 is 0 Å². The van der Waals surface area contributed by atoms with Crippen LogP contribution in [0.1, 0.15) is 32.8 Å². The summed E-state index contributed by atoms with van der Waals surface area (Å²) in [5, 5.41) is 13.0. The molecule has 1 unspecified atom stereocenters. The van der Waals surface area contributed by atoms with Gasteiger partial charge in [-0.15, -0.1) is 0 Å². The molecule has 0 radical (unpaired) electrons. The van der Waals surface area contributed by atoms with E-state index in [1.54, 1.807) is 6.08 Å². The zero-order valence-electron chi connectivity index (χ0n) is 19.2. The molecule has 0 heterocycles. The quantitative estimate of drug-likeness (QED) is 0.321. The van der Waals surface area contributed by atoms with Crippen molar-refractivity contribution in [1.82, 2.24) is 0 Å². The molecule has 0 aliphatic heterocycles. The van der Waals surface area contributed by atoms with Gasteiger partial charge in [-0.2, -0.15) is 0 Å². The second-order valence-corrected chi connectivity index (χ2v) is 13.1. The van der Waals surface area contributed by atoms with Gasteiger partial charge in [0.1, 0.15) is 0 Å². The summed E-state index contributed by atoms with van der Waals surface area (Å²) in [5.74, 6) is 6.26. The molecule has 3 rings (SSSR count). The molecule has 0 saturated heterocycles. The molecule has 1 N–H and O–H groups in total. The second kappa shape index (κ2) is 11.1. The van der Waals surface area contributed by atoms with E-state index in [9.17, 15) is 5.11 Å². The van der Waals surface area contributed by atoms with Crippen LogP contribution in [0.15, 0.2) is 103 Å². The largest absolute Gasteiger partial charge is 0.404 e. The van der Waals surface area contributed by atoms with E-state index in [1.165, 1.54) is 10.4 Å². The van der Waals surface area contributed by atoms with Crippen LogP contribution in [0.3, 0.4) is 0 Å². The third kappa shape index (κ3) is 5.86. The summed E-state index contributed by atoms with van der Waals surface area (Å²) in [5.41, 5.74) is 0.997. The summed E-state index contributed by atoms with van der Waals surface area (Å²) in [6.07, 6.45) is 3.60. The minimum absolute atomic E-state index is 0.111. The van der Waals surface area contributed by atoms with Crippen molar-refractivity contribution in [2.24, 2.45) is 0 Å². The fourth-order valence-electron chi connectivity index (χ4n) is 3.99. The molecule has 2 nitrogen and oxygen atoms in total. The lowest BCUT2D eigenvalue weighted by molar-refractivity contribution is 0.138. The number of benzene rings is 3. The summed E-state index contributed by atoms with van der Waals surface area (Å²) < 4.78 is 6.76. The highest BCUT2D eigenvalue weighted by Crippen LogP contribution is 2.36. The molecule has 0 aliphatic rings. The standard InChI is InChI=1S/C29H32O2Si/c1-29(2,3)32(27-20-12-6-13-21-27,28-22-14-7-15-23-28)31-24-26(30)19-11-5-10-18-25-16-8-4-9-17-25/h4,6-9,11-17,19-23,26,30H,5,24H2,1-3H3/b19-11+. The number of rotatable bonds is 7. The van der Waals surface area contributed by atoms with Crippen molar-refractivity contribution in [3.05, 3.63) is 109 Å². The van der Waals surface area contributed by atoms with Gasteiger partial charge in [-0.3, -0.25) is 0 Å². The Hall–Kier alpha value is -2.90. The molecular formula is C29H32O2Si. The summed E-state index contributed by atoms with van der Waals surface area (Å²) in [6.45, 7) is 6.96. The van der Waals surface area contributed by atoms with Gasteiger partial charge in [-0.1, -0.05) is 124 Å². The predicted octanol–water partition coefficient (Wildman–Crippen LogP) is 4.92. The van der Waals surface area contributed by atoms with E-state index in [1.807, 2.05) is 48.5 Å². The first-order valence-corrected chi connectivity index (χ1v) is 13.0. The van der Waals surface area contributed by atoms with Crippen LogP contribution in [-0.2, 0) is 4.43 Å². The van der Waals surface area contributed by atoms with Crippen molar-refractivity contribution >= 4 is 18.7 Å². The maximum Gasteiger partial charge on any atom is 0.261 e. The Morgan fingerprint density at radius 1 is 0.844 bits per heavy atom. The Labute approximate surface area is 193 Å². The third-order valence-electron chi connectivity index (χ3n) is 5.47. The number of hydrogen-bond acceptors (Lipinski definition) is 2. The normalized spacial score (nSPS) is 12.9. The Kier molecular flexibility index (Phi) is 8.24. The maximum absolute atomic E-state index is 10.7. The average Bonchev–Trinajstić information content (AvgIpc) is 2.80. The van der Waals surface area contributed by atoms with Gasteiger partial charge in [0.25, 0.3) is 8.32 Å². The monoisotopic (exact) mass is 440 g/mol. The van der Waals surface area contributed by atoms with Crippen LogP contribution in [-0.4, -0.2) is 26.1 Å². The van der Waals surface area contributed by atoms with Crippen LogP contribution >= 0.6 is 0 Å². The smallest absolute Gasteiger partial charge is 0.261 e. The highest BCUT2D eigenvalue weighted by molar-refractivity contribution is 6.99. The zero-order chi connectivity index (χ0) is 22.9. The van der Waals surface area contributed by atoms with E-state index in [2.05, 4.69) is 81.1 Å². The van der Waals surface area contributed by atoms with E-state index < -0.39 is 14.4 Å². The molecular weight excluding hydrogens is 408 g/mol. The highest BCUT2D eigenvalue weighted by atomic mass is 28.4. The van der Waals surface area contributed by atoms with Crippen molar-refractivity contribution in [3.63, 3.8) is 0 Å². The minimum atomic E-state index is -2.63. The van der Waals surface area contributed by atoms with Crippen molar-refractivity contribution in [3.8, 4) is 11.8 Å². The van der Waals surface area contributed by atoms with Gasteiger partial charge < -0.3 is 9.53 Å². The highest BCUT2D eigenvalue weighted by Gasteiger charge is 2.50. The molecule has 3 aromatic carbocycles. The average molecular weight is 441 g/mol. The Morgan fingerprint density at radius 2 is 1.34 bits per heavy atom. The molecule has 3 heteroatoms. The van der Waals surface area contributed by atoms with Crippen LogP contribution in [0.5, 0.6) is 0 Å². The minimum Gasteiger partial charge on any atom is -0.404 e. The van der Waals surface area contributed by atoms with Crippen LogP contribution in [0, 0.1) is 11.8 Å². The van der Waals surface area contributed by atoms with Crippen LogP contribution in [0.2, 0.25) is 5.04 Å². The summed E-state index contributed by atoms with van der Waals surface area (Å²) in [6, 6.07) is 30.9. The van der Waals surface area contributed by atoms with E-state index in [4.69, 9.17) is 4.43 Å². The number of hydrogen-bond donors (Lipinski definition) is 1. The molecule has 3 aromatic rings. The lowest BCUT2D eigenvalue weighted by Gasteiger charge is -2.43. The van der Waals surface area contributed by atoms with E-state index in [-0.39, 0.29) is 11.6 Å². The molecule has 164 valence electrons. The topological polar surface area (TPSA) is 29.5 Å². The van der Waals surface area contributed by atoms with Gasteiger partial charge in [0, 0.05) is 12.0 Å². The first-order chi connectivity index (χ1) is 15.4. The molecule has 0 spiro atoms. The van der Waals surface area contributed by atoms with E-state index >= 15 is 0 Å². The molecule has 0 aliphatic carbocycles. The maximum atomic E-state index is 10.7. The Morgan fingerprint density at radius 3 is 1.84 bits per heavy atom. The molecule has 32 heavy (non-hydrogen) atoms. The zero-order valence-corrected chi connectivity index (χ0v) is 20.2. The number of aliphatic hydroxyl groups is 1. The van der Waals surface area contributed by atoms with Gasteiger partial charge in [0.05, 0.1) is 12.7 Å². The predicted molar refractivity (Wildman–Crippen MR) is 137 cm³/mol. The third-order valence-corrected chi connectivity index (χ3v) is 10.5. The first-order valence-electron chi connectivity index (χ1n) is 11.1. The molecule has 0 fully saturated rings. The molecule has 0 amide bonds. The van der Waals surface area contributed by atoms with Crippen LogP contribution in [0.25, 0.3) is 0 Å². The fourth-order valence-corrected chi connectivity index (χ4v) is 8.56. The van der Waals surface area contributed by atoms with Gasteiger partial charge in [-0.05, 0) is 27.5 Å². The van der Waals surface area contributed by atoms with Gasteiger partial charge in [0.15, 0.2) is 0 Å². The van der Waals surface area contributed by atoms with Crippen molar-refractivity contribution in [1.29, 1.82) is 0 Å². The first kappa shape index (κ1) is 23.8. The molecule has 0 aromatic heterocycles. The summed E-state index contributed by atoms with van der Waals surface area (Å²) >= 11 is 0. The van der Waals surface area contributed by atoms with Crippen molar-refractivity contribution in [2.45, 2.75) is 38.3 Å². The Balaban J connectivity index is 1.76. The molecule has 0 bridgehead atoms. The number of allylic oxidation sites excluding steroid dienone is 1.